The van der Waals surface area contributed by atoms with Crippen LogP contribution in [0.2, 0.25) is 0 Å². The van der Waals surface area contributed by atoms with E-state index < -0.39 is 11.7 Å². The number of allylic oxidation sites excluding steroid dienone is 3. The molecule has 0 saturated carbocycles. The van der Waals surface area contributed by atoms with Crippen LogP contribution < -0.4 is 0 Å². The molecule has 0 heterocycles. The van der Waals surface area contributed by atoms with E-state index in [0.717, 1.165) is 5.56 Å². The predicted molar refractivity (Wildman–Crippen MR) is 64.6 cm³/mol. The van der Waals surface area contributed by atoms with E-state index in [1.165, 1.54) is 18.2 Å². The van der Waals surface area contributed by atoms with Crippen LogP contribution in [0.3, 0.4) is 0 Å². The Bertz CT molecular complexity index is 501. The Morgan fingerprint density at radius 3 is 2.28 bits per heavy atom. The zero-order valence-electron chi connectivity index (χ0n) is 9.88. The zero-order chi connectivity index (χ0) is 13.8. The maximum atomic E-state index is 13.0. The molecule has 1 rings (SSSR count). The summed E-state index contributed by atoms with van der Waals surface area (Å²) in [4.78, 5) is 0. The highest BCUT2D eigenvalue weighted by Crippen LogP contribution is 2.37. The van der Waals surface area contributed by atoms with E-state index in [1.807, 2.05) is 0 Å². The Morgan fingerprint density at radius 1 is 1.33 bits per heavy atom. The lowest BCUT2D eigenvalue weighted by Gasteiger charge is -2.14. The number of hydrogen-bond donors (Lipinski definition) is 0. The number of nitrogens with zero attached hydrogens (tertiary/aromatic N) is 1. The molecule has 1 nitrogen and oxygen atoms in total. The minimum Gasteiger partial charge on any atom is -0.193 e. The van der Waals surface area contributed by atoms with Crippen LogP contribution in [0.5, 0.6) is 0 Å². The number of halogens is 3. The van der Waals surface area contributed by atoms with Crippen LogP contribution in [-0.2, 0) is 0 Å². The molecule has 4 heteroatoms. The molecule has 0 spiro atoms. The molecule has 0 saturated heterocycles. The van der Waals surface area contributed by atoms with Crippen LogP contribution in [0.25, 0.3) is 5.57 Å². The molecule has 0 fully saturated rings. The Morgan fingerprint density at radius 2 is 1.89 bits per heavy atom. The number of nitriles is 1. The summed E-state index contributed by atoms with van der Waals surface area (Å²) in [7, 11) is 0. The van der Waals surface area contributed by atoms with Gasteiger partial charge in [-0.15, -0.1) is 6.58 Å². The third-order valence-corrected chi connectivity index (χ3v) is 2.41. The van der Waals surface area contributed by atoms with Crippen LogP contribution in [-0.4, -0.2) is 6.18 Å². The normalized spacial score (nSPS) is 12.6. The summed E-state index contributed by atoms with van der Waals surface area (Å²) in [5.41, 5.74) is -0.333. The van der Waals surface area contributed by atoms with Gasteiger partial charge >= 0.3 is 6.18 Å². The van der Waals surface area contributed by atoms with Crippen LogP contribution in [0.1, 0.15) is 17.5 Å². The predicted octanol–water partition coefficient (Wildman–Crippen LogP) is 4.41. The first-order valence-electron chi connectivity index (χ1n) is 5.28. The number of aryl methyl sites for hydroxylation is 1. The smallest absolute Gasteiger partial charge is 0.193 e. The SMILES string of the molecule is C=CC/C(C#N)=C(\c1ccc(C)cc1)C(F)(F)F. The summed E-state index contributed by atoms with van der Waals surface area (Å²) in [5, 5.41) is 8.85. The molecule has 0 aliphatic rings. The van der Waals surface area contributed by atoms with E-state index in [1.54, 1.807) is 25.1 Å². The van der Waals surface area contributed by atoms with Crippen molar-refractivity contribution in [2.45, 2.75) is 19.5 Å². The van der Waals surface area contributed by atoms with Crippen molar-refractivity contribution >= 4 is 5.57 Å². The molecular formula is C14H12F3N. The fraction of sp³-hybridized carbons (Fsp3) is 0.214. The fourth-order valence-corrected chi connectivity index (χ4v) is 1.58. The Hall–Kier alpha value is -2.02. The van der Waals surface area contributed by atoms with E-state index in [-0.39, 0.29) is 17.6 Å². The molecule has 0 aliphatic heterocycles. The second-order valence-corrected chi connectivity index (χ2v) is 3.82. The topological polar surface area (TPSA) is 23.8 Å². The molecule has 0 N–H and O–H groups in total. The molecule has 0 aromatic heterocycles. The summed E-state index contributed by atoms with van der Waals surface area (Å²) < 4.78 is 39.1. The first kappa shape index (κ1) is 14.0. The van der Waals surface area contributed by atoms with E-state index in [2.05, 4.69) is 6.58 Å². The molecular weight excluding hydrogens is 239 g/mol. The van der Waals surface area contributed by atoms with E-state index in [9.17, 15) is 13.2 Å². The van der Waals surface area contributed by atoms with Gasteiger partial charge in [0.1, 0.15) is 0 Å². The quantitative estimate of drug-likeness (QED) is 0.576. The minimum absolute atomic E-state index is 0.00602. The summed E-state index contributed by atoms with van der Waals surface area (Å²) in [5.74, 6) is 0. The zero-order valence-corrected chi connectivity index (χ0v) is 9.88. The molecule has 0 unspecified atom stereocenters. The molecule has 0 amide bonds. The van der Waals surface area contributed by atoms with Crippen LogP contribution in [0, 0.1) is 18.3 Å². The number of alkyl halides is 3. The molecule has 0 aliphatic carbocycles. The largest absolute Gasteiger partial charge is 0.417 e. The monoisotopic (exact) mass is 251 g/mol. The third kappa shape index (κ3) is 3.24. The van der Waals surface area contributed by atoms with Crippen LogP contribution in [0.4, 0.5) is 13.2 Å². The lowest BCUT2D eigenvalue weighted by Crippen LogP contribution is -2.13. The van der Waals surface area contributed by atoms with Crippen molar-refractivity contribution in [2.75, 3.05) is 0 Å². The summed E-state index contributed by atoms with van der Waals surface area (Å²) in [6.45, 7) is 5.16. The van der Waals surface area contributed by atoms with Gasteiger partial charge < -0.3 is 0 Å². The Kier molecular flexibility index (Phi) is 4.33. The maximum absolute atomic E-state index is 13.0. The van der Waals surface area contributed by atoms with Crippen molar-refractivity contribution < 1.29 is 13.2 Å². The second-order valence-electron chi connectivity index (χ2n) is 3.82. The highest BCUT2D eigenvalue weighted by molar-refractivity contribution is 5.75. The van der Waals surface area contributed by atoms with Crippen molar-refractivity contribution in [3.63, 3.8) is 0 Å². The average Bonchev–Trinajstić information content (AvgIpc) is 2.29. The van der Waals surface area contributed by atoms with Gasteiger partial charge in [0.25, 0.3) is 0 Å². The fourth-order valence-electron chi connectivity index (χ4n) is 1.58. The lowest BCUT2D eigenvalue weighted by molar-refractivity contribution is -0.0693. The molecule has 1 aromatic rings. The minimum atomic E-state index is -4.55. The van der Waals surface area contributed by atoms with Gasteiger partial charge in [-0.2, -0.15) is 18.4 Å². The average molecular weight is 251 g/mol. The third-order valence-electron chi connectivity index (χ3n) is 2.41. The molecule has 0 radical (unpaired) electrons. The number of rotatable bonds is 3. The lowest BCUT2D eigenvalue weighted by atomic mass is 9.97. The van der Waals surface area contributed by atoms with E-state index >= 15 is 0 Å². The summed E-state index contributed by atoms with van der Waals surface area (Å²) in [6.07, 6.45) is -3.36. The van der Waals surface area contributed by atoms with E-state index in [0.29, 0.717) is 0 Å². The van der Waals surface area contributed by atoms with E-state index in [4.69, 9.17) is 5.26 Å². The molecule has 1 aromatic carbocycles. The van der Waals surface area contributed by atoms with Gasteiger partial charge in [-0.25, -0.2) is 0 Å². The first-order valence-corrected chi connectivity index (χ1v) is 5.28. The highest BCUT2D eigenvalue weighted by Gasteiger charge is 2.37. The first-order chi connectivity index (χ1) is 8.40. The van der Waals surface area contributed by atoms with Crippen molar-refractivity contribution in [1.82, 2.24) is 0 Å². The maximum Gasteiger partial charge on any atom is 0.417 e. The molecule has 18 heavy (non-hydrogen) atoms. The van der Waals surface area contributed by atoms with Crippen LogP contribution in [0.15, 0.2) is 42.5 Å². The van der Waals surface area contributed by atoms with Gasteiger partial charge in [-0.1, -0.05) is 35.9 Å². The number of benzene rings is 1. The summed E-state index contributed by atoms with van der Waals surface area (Å²) >= 11 is 0. The van der Waals surface area contributed by atoms with Crippen molar-refractivity contribution in [2.24, 2.45) is 0 Å². The Labute approximate surface area is 104 Å². The second kappa shape index (κ2) is 5.54. The van der Waals surface area contributed by atoms with Crippen molar-refractivity contribution in [1.29, 1.82) is 5.26 Å². The van der Waals surface area contributed by atoms with Gasteiger partial charge in [0.05, 0.1) is 11.6 Å². The Balaban J connectivity index is 3.44. The van der Waals surface area contributed by atoms with Crippen LogP contribution >= 0.6 is 0 Å². The van der Waals surface area contributed by atoms with Gasteiger partial charge in [-0.05, 0) is 12.5 Å². The molecule has 0 bridgehead atoms. The van der Waals surface area contributed by atoms with Crippen molar-refractivity contribution in [3.8, 4) is 6.07 Å². The highest BCUT2D eigenvalue weighted by atomic mass is 19.4. The summed E-state index contributed by atoms with van der Waals surface area (Å²) in [6, 6.07) is 7.53. The van der Waals surface area contributed by atoms with Crippen molar-refractivity contribution in [3.05, 3.63) is 53.6 Å². The van der Waals surface area contributed by atoms with Gasteiger partial charge in [0.15, 0.2) is 0 Å². The van der Waals surface area contributed by atoms with Gasteiger partial charge in [0, 0.05) is 12.0 Å². The van der Waals surface area contributed by atoms with Gasteiger partial charge in [0.2, 0.25) is 0 Å². The molecule has 94 valence electrons. The molecule has 0 atom stereocenters. The number of hydrogen-bond acceptors (Lipinski definition) is 1. The standard InChI is InChI=1S/C14H12F3N/c1-3-4-12(9-18)13(14(15,16)17)11-7-5-10(2)6-8-11/h3,5-8H,1,4H2,2H3/b13-12-. The van der Waals surface area contributed by atoms with Gasteiger partial charge in [-0.3, -0.25) is 0 Å².